The molecule has 0 spiro atoms. The van der Waals surface area contributed by atoms with Crippen LogP contribution in [0.4, 0.5) is 0 Å². The van der Waals surface area contributed by atoms with Crippen LogP contribution >= 0.6 is 0 Å². The van der Waals surface area contributed by atoms with Gasteiger partial charge in [-0.15, -0.1) is 0 Å². The molecule has 0 fully saturated rings. The Morgan fingerprint density at radius 3 is 1.75 bits per heavy atom. The Morgan fingerprint density at radius 2 is 1.22 bits per heavy atom. The summed E-state index contributed by atoms with van der Waals surface area (Å²) in [5.74, 6) is 1.83. The van der Waals surface area contributed by atoms with E-state index in [-0.39, 0.29) is 5.41 Å². The van der Waals surface area contributed by atoms with Gasteiger partial charge in [0.05, 0.1) is 11.4 Å². The average molecular weight is 423 g/mol. The van der Waals surface area contributed by atoms with Gasteiger partial charge in [-0.1, -0.05) is 120 Å². The first-order valence-electron chi connectivity index (χ1n) is 11.6. The van der Waals surface area contributed by atoms with Crippen LogP contribution in [0.25, 0.3) is 17.1 Å². The van der Waals surface area contributed by atoms with Crippen LogP contribution in [0.1, 0.15) is 75.8 Å². The quantitative estimate of drug-likeness (QED) is 0.307. The smallest absolute Gasteiger partial charge is 0.144 e. The van der Waals surface area contributed by atoms with E-state index in [4.69, 9.17) is 4.98 Å². The van der Waals surface area contributed by atoms with Crippen molar-refractivity contribution in [1.29, 1.82) is 0 Å². The predicted octanol–water partition coefficient (Wildman–Crippen LogP) is 8.11. The third kappa shape index (κ3) is 4.02. The number of rotatable bonds is 6. The molecule has 3 aromatic carbocycles. The Labute approximate surface area is 193 Å². The lowest BCUT2D eigenvalue weighted by Gasteiger charge is -2.23. The lowest BCUT2D eigenvalue weighted by atomic mass is 9.82. The standard InChI is InChI=1S/C30H34N2/c1-21(2)25-18-13-19-26(22(3)4)28(25)32-20-27(30(5,6)24-16-11-8-12-17-24)31-29(32)23-14-9-7-10-15-23/h7-22H,1-6H3. The number of nitrogens with zero attached hydrogens (tertiary/aromatic N) is 2. The summed E-state index contributed by atoms with van der Waals surface area (Å²) in [4.78, 5) is 5.27. The minimum atomic E-state index is -0.208. The van der Waals surface area contributed by atoms with E-state index in [9.17, 15) is 0 Å². The molecule has 4 rings (SSSR count). The summed E-state index contributed by atoms with van der Waals surface area (Å²) in [7, 11) is 0. The Balaban J connectivity index is 2.02. The summed E-state index contributed by atoms with van der Waals surface area (Å²) in [6.45, 7) is 13.6. The van der Waals surface area contributed by atoms with Gasteiger partial charge >= 0.3 is 0 Å². The lowest BCUT2D eigenvalue weighted by molar-refractivity contribution is 0.620. The van der Waals surface area contributed by atoms with Gasteiger partial charge in [-0.3, -0.25) is 4.57 Å². The van der Waals surface area contributed by atoms with Crippen LogP contribution in [0, 0.1) is 0 Å². The minimum Gasteiger partial charge on any atom is -0.299 e. The molecular formula is C30H34N2. The summed E-state index contributed by atoms with van der Waals surface area (Å²) in [5.41, 5.74) is 7.27. The zero-order chi connectivity index (χ0) is 22.9. The highest BCUT2D eigenvalue weighted by Gasteiger charge is 2.29. The molecular weight excluding hydrogens is 388 g/mol. The van der Waals surface area contributed by atoms with Crippen molar-refractivity contribution < 1.29 is 0 Å². The van der Waals surface area contributed by atoms with Crippen molar-refractivity contribution in [3.63, 3.8) is 0 Å². The van der Waals surface area contributed by atoms with E-state index < -0.39 is 0 Å². The van der Waals surface area contributed by atoms with E-state index in [1.807, 2.05) is 0 Å². The third-order valence-electron chi connectivity index (χ3n) is 6.46. The van der Waals surface area contributed by atoms with E-state index in [2.05, 4.69) is 131 Å². The van der Waals surface area contributed by atoms with Crippen molar-refractivity contribution in [1.82, 2.24) is 9.55 Å². The maximum absolute atomic E-state index is 5.27. The number of aromatic nitrogens is 2. The summed E-state index contributed by atoms with van der Waals surface area (Å²) in [6, 6.07) is 28.0. The summed E-state index contributed by atoms with van der Waals surface area (Å²) >= 11 is 0. The molecule has 0 N–H and O–H groups in total. The normalized spacial score (nSPS) is 12.0. The van der Waals surface area contributed by atoms with Crippen molar-refractivity contribution in [3.05, 3.63) is 107 Å². The van der Waals surface area contributed by atoms with Crippen LogP contribution in [-0.2, 0) is 5.41 Å². The second-order valence-corrected chi connectivity index (χ2v) is 9.77. The largest absolute Gasteiger partial charge is 0.299 e. The highest BCUT2D eigenvalue weighted by atomic mass is 15.1. The lowest BCUT2D eigenvalue weighted by Crippen LogP contribution is -2.19. The number of hydrogen-bond donors (Lipinski definition) is 0. The van der Waals surface area contributed by atoms with Gasteiger partial charge in [0.15, 0.2) is 0 Å². The topological polar surface area (TPSA) is 17.8 Å². The van der Waals surface area contributed by atoms with Crippen LogP contribution < -0.4 is 0 Å². The van der Waals surface area contributed by atoms with Crippen LogP contribution in [0.3, 0.4) is 0 Å². The highest BCUT2D eigenvalue weighted by molar-refractivity contribution is 5.63. The van der Waals surface area contributed by atoms with Gasteiger partial charge in [0, 0.05) is 17.2 Å². The van der Waals surface area contributed by atoms with Crippen LogP contribution in [0.15, 0.2) is 85.1 Å². The van der Waals surface area contributed by atoms with Gasteiger partial charge in [-0.25, -0.2) is 4.98 Å². The molecule has 0 aliphatic carbocycles. The fourth-order valence-corrected chi connectivity index (χ4v) is 4.44. The van der Waals surface area contributed by atoms with Crippen molar-refractivity contribution in [2.75, 3.05) is 0 Å². The van der Waals surface area contributed by atoms with E-state index in [1.54, 1.807) is 0 Å². The minimum absolute atomic E-state index is 0.208. The molecule has 4 aromatic rings. The molecule has 0 radical (unpaired) electrons. The van der Waals surface area contributed by atoms with Crippen molar-refractivity contribution in [2.24, 2.45) is 0 Å². The van der Waals surface area contributed by atoms with Gasteiger partial charge in [0.1, 0.15) is 5.82 Å². The van der Waals surface area contributed by atoms with Crippen LogP contribution in [-0.4, -0.2) is 9.55 Å². The second kappa shape index (κ2) is 8.78. The van der Waals surface area contributed by atoms with Gasteiger partial charge in [-0.2, -0.15) is 0 Å². The zero-order valence-electron chi connectivity index (χ0n) is 20.1. The first-order chi connectivity index (χ1) is 15.3. The van der Waals surface area contributed by atoms with E-state index in [0.717, 1.165) is 17.1 Å². The van der Waals surface area contributed by atoms with Crippen molar-refractivity contribution >= 4 is 0 Å². The summed E-state index contributed by atoms with van der Waals surface area (Å²) in [6.07, 6.45) is 2.27. The molecule has 2 heteroatoms. The Hall–Kier alpha value is -3.13. The molecule has 0 atom stereocenters. The molecule has 0 saturated heterocycles. The van der Waals surface area contributed by atoms with E-state index in [0.29, 0.717) is 11.8 Å². The fourth-order valence-electron chi connectivity index (χ4n) is 4.44. The molecule has 32 heavy (non-hydrogen) atoms. The van der Waals surface area contributed by atoms with Gasteiger partial charge < -0.3 is 0 Å². The van der Waals surface area contributed by atoms with Crippen LogP contribution in [0.5, 0.6) is 0 Å². The maximum Gasteiger partial charge on any atom is 0.144 e. The summed E-state index contributed by atoms with van der Waals surface area (Å²) in [5, 5.41) is 0. The second-order valence-electron chi connectivity index (χ2n) is 9.77. The molecule has 1 aromatic heterocycles. The predicted molar refractivity (Wildman–Crippen MR) is 136 cm³/mol. The first-order valence-corrected chi connectivity index (χ1v) is 11.6. The Bertz CT molecular complexity index is 1160. The Morgan fingerprint density at radius 1 is 0.688 bits per heavy atom. The van der Waals surface area contributed by atoms with Crippen LogP contribution in [0.2, 0.25) is 0 Å². The monoisotopic (exact) mass is 422 g/mol. The molecule has 0 bridgehead atoms. The number of imidazole rings is 1. The summed E-state index contributed by atoms with van der Waals surface area (Å²) < 4.78 is 2.35. The third-order valence-corrected chi connectivity index (χ3v) is 6.46. The molecule has 0 aliphatic heterocycles. The fraction of sp³-hybridized carbons (Fsp3) is 0.300. The highest BCUT2D eigenvalue weighted by Crippen LogP contribution is 2.38. The van der Waals surface area contributed by atoms with Gasteiger partial charge in [-0.05, 0) is 28.5 Å². The van der Waals surface area contributed by atoms with E-state index >= 15 is 0 Å². The Kier molecular flexibility index (Phi) is 6.06. The first kappa shape index (κ1) is 22.1. The maximum atomic E-state index is 5.27. The molecule has 1 heterocycles. The number of para-hydroxylation sites is 1. The van der Waals surface area contributed by atoms with Gasteiger partial charge in [0.2, 0.25) is 0 Å². The number of hydrogen-bond acceptors (Lipinski definition) is 1. The number of benzene rings is 3. The molecule has 164 valence electrons. The SMILES string of the molecule is CC(C)c1cccc(C(C)C)c1-n1cc(C(C)(C)c2ccccc2)nc1-c1ccccc1. The van der Waals surface area contributed by atoms with Crippen molar-refractivity contribution in [3.8, 4) is 17.1 Å². The molecule has 0 unspecified atom stereocenters. The molecule has 0 saturated carbocycles. The molecule has 2 nitrogen and oxygen atoms in total. The van der Waals surface area contributed by atoms with Gasteiger partial charge in [0.25, 0.3) is 0 Å². The average Bonchev–Trinajstić information content (AvgIpc) is 3.25. The zero-order valence-corrected chi connectivity index (χ0v) is 20.1. The van der Waals surface area contributed by atoms with Crippen molar-refractivity contribution in [2.45, 2.75) is 58.8 Å². The molecule has 0 amide bonds. The van der Waals surface area contributed by atoms with E-state index in [1.165, 1.54) is 22.4 Å². The molecule has 0 aliphatic rings.